The van der Waals surface area contributed by atoms with Crippen LogP contribution >= 0.6 is 0 Å². The fourth-order valence-electron chi connectivity index (χ4n) is 2.79. The standard InChI is InChI=1S/C21H14F3N3O/c22-14-10-11-18(17(24)12-14)25-19(13-6-2-1-3-7-13)21-27-26-20(28-21)15-8-4-5-9-16(15)23/h1-12,19,25H. The fraction of sp³-hybridized carbons (Fsp3) is 0.0476. The highest BCUT2D eigenvalue weighted by atomic mass is 19.1. The summed E-state index contributed by atoms with van der Waals surface area (Å²) < 4.78 is 47.1. The van der Waals surface area contributed by atoms with Crippen molar-refractivity contribution in [3.8, 4) is 11.5 Å². The van der Waals surface area contributed by atoms with E-state index in [0.717, 1.165) is 17.7 Å². The molecule has 4 rings (SSSR count). The van der Waals surface area contributed by atoms with Gasteiger partial charge in [-0.3, -0.25) is 0 Å². The Bertz CT molecular complexity index is 1100. The third-order valence-corrected chi connectivity index (χ3v) is 4.16. The molecule has 4 aromatic rings. The molecule has 140 valence electrons. The van der Waals surface area contributed by atoms with Gasteiger partial charge in [-0.25, -0.2) is 13.2 Å². The zero-order valence-corrected chi connectivity index (χ0v) is 14.4. The van der Waals surface area contributed by atoms with Crippen molar-refractivity contribution in [2.45, 2.75) is 6.04 Å². The van der Waals surface area contributed by atoms with E-state index in [1.54, 1.807) is 36.4 Å². The number of hydrogen-bond donors (Lipinski definition) is 1. The molecule has 7 heteroatoms. The van der Waals surface area contributed by atoms with Gasteiger partial charge in [-0.1, -0.05) is 42.5 Å². The number of benzene rings is 3. The number of rotatable bonds is 5. The van der Waals surface area contributed by atoms with E-state index in [1.165, 1.54) is 18.2 Å². The van der Waals surface area contributed by atoms with Crippen LogP contribution in [0.15, 0.2) is 77.2 Å². The third kappa shape index (κ3) is 3.59. The Kier molecular flexibility index (Phi) is 4.80. The minimum Gasteiger partial charge on any atom is -0.418 e. The first-order valence-electron chi connectivity index (χ1n) is 8.46. The van der Waals surface area contributed by atoms with Gasteiger partial charge in [0.15, 0.2) is 0 Å². The number of nitrogens with one attached hydrogen (secondary N) is 1. The van der Waals surface area contributed by atoms with Crippen molar-refractivity contribution in [3.63, 3.8) is 0 Å². The summed E-state index contributed by atoms with van der Waals surface area (Å²) in [7, 11) is 0. The highest BCUT2D eigenvalue weighted by Gasteiger charge is 2.23. The molecule has 1 N–H and O–H groups in total. The van der Waals surface area contributed by atoms with E-state index in [2.05, 4.69) is 15.5 Å². The molecule has 4 nitrogen and oxygen atoms in total. The summed E-state index contributed by atoms with van der Waals surface area (Å²) in [4.78, 5) is 0. The van der Waals surface area contributed by atoms with Crippen LogP contribution in [0.3, 0.4) is 0 Å². The normalized spacial score (nSPS) is 12.0. The molecule has 0 saturated carbocycles. The zero-order chi connectivity index (χ0) is 19.5. The zero-order valence-electron chi connectivity index (χ0n) is 14.4. The van der Waals surface area contributed by atoms with Gasteiger partial charge in [0.2, 0.25) is 5.89 Å². The van der Waals surface area contributed by atoms with Crippen LogP contribution in [-0.2, 0) is 0 Å². The molecule has 0 bridgehead atoms. The largest absolute Gasteiger partial charge is 0.418 e. The second-order valence-electron chi connectivity index (χ2n) is 6.04. The molecule has 0 amide bonds. The first-order chi connectivity index (χ1) is 13.6. The van der Waals surface area contributed by atoms with Crippen molar-refractivity contribution in [2.24, 2.45) is 0 Å². The van der Waals surface area contributed by atoms with Crippen LogP contribution in [-0.4, -0.2) is 10.2 Å². The van der Waals surface area contributed by atoms with E-state index >= 15 is 0 Å². The molecular weight excluding hydrogens is 367 g/mol. The monoisotopic (exact) mass is 381 g/mol. The summed E-state index contributed by atoms with van der Waals surface area (Å²) in [5.74, 6) is -1.80. The highest BCUT2D eigenvalue weighted by Crippen LogP contribution is 2.30. The lowest BCUT2D eigenvalue weighted by Gasteiger charge is -2.17. The summed E-state index contributed by atoms with van der Waals surface area (Å²) in [5, 5.41) is 10.9. The van der Waals surface area contributed by atoms with Crippen LogP contribution in [0.2, 0.25) is 0 Å². The predicted octanol–water partition coefficient (Wildman–Crippen LogP) is 5.36. The number of anilines is 1. The van der Waals surface area contributed by atoms with E-state index in [-0.39, 0.29) is 23.0 Å². The molecule has 0 aliphatic heterocycles. The summed E-state index contributed by atoms with van der Waals surface area (Å²) >= 11 is 0. The molecule has 0 saturated heterocycles. The Morgan fingerprint density at radius 1 is 0.786 bits per heavy atom. The maximum atomic E-state index is 14.1. The summed E-state index contributed by atoms with van der Waals surface area (Å²) in [6, 6.07) is 17.6. The van der Waals surface area contributed by atoms with Crippen molar-refractivity contribution in [1.29, 1.82) is 0 Å². The van der Waals surface area contributed by atoms with Gasteiger partial charge in [-0.05, 0) is 29.8 Å². The topological polar surface area (TPSA) is 51.0 Å². The van der Waals surface area contributed by atoms with Crippen LogP contribution in [0.5, 0.6) is 0 Å². The van der Waals surface area contributed by atoms with Gasteiger partial charge >= 0.3 is 0 Å². The van der Waals surface area contributed by atoms with Gasteiger partial charge < -0.3 is 9.73 Å². The third-order valence-electron chi connectivity index (χ3n) is 4.16. The predicted molar refractivity (Wildman–Crippen MR) is 98.0 cm³/mol. The maximum absolute atomic E-state index is 14.1. The van der Waals surface area contributed by atoms with Gasteiger partial charge in [0.1, 0.15) is 23.5 Å². The smallest absolute Gasteiger partial charge is 0.250 e. The Hall–Kier alpha value is -3.61. The van der Waals surface area contributed by atoms with Gasteiger partial charge in [0.25, 0.3) is 5.89 Å². The molecule has 0 fully saturated rings. The average molecular weight is 381 g/mol. The van der Waals surface area contributed by atoms with Crippen molar-refractivity contribution in [1.82, 2.24) is 10.2 Å². The number of aromatic nitrogens is 2. The maximum Gasteiger partial charge on any atom is 0.250 e. The Morgan fingerprint density at radius 2 is 1.54 bits per heavy atom. The van der Waals surface area contributed by atoms with Crippen LogP contribution in [0.4, 0.5) is 18.9 Å². The number of halogens is 3. The summed E-state index contributed by atoms with van der Waals surface area (Å²) in [6.07, 6.45) is 0. The van der Waals surface area contributed by atoms with Crippen molar-refractivity contribution >= 4 is 5.69 Å². The van der Waals surface area contributed by atoms with Gasteiger partial charge in [0, 0.05) is 6.07 Å². The Morgan fingerprint density at radius 3 is 2.29 bits per heavy atom. The molecule has 3 aromatic carbocycles. The van der Waals surface area contributed by atoms with Gasteiger partial charge in [-0.15, -0.1) is 10.2 Å². The molecule has 0 radical (unpaired) electrons. The van der Waals surface area contributed by atoms with E-state index in [4.69, 9.17) is 4.42 Å². The Labute approximate surface area is 158 Å². The SMILES string of the molecule is Fc1ccc(NC(c2ccccc2)c2nnc(-c3ccccc3F)o2)c(F)c1. The van der Waals surface area contributed by atoms with Crippen molar-refractivity contribution < 1.29 is 17.6 Å². The fourth-order valence-corrected chi connectivity index (χ4v) is 2.79. The van der Waals surface area contributed by atoms with Crippen molar-refractivity contribution in [2.75, 3.05) is 5.32 Å². The first kappa shape index (κ1) is 17.8. The molecule has 28 heavy (non-hydrogen) atoms. The molecule has 0 aliphatic carbocycles. The minimum absolute atomic E-state index is 0.00964. The van der Waals surface area contributed by atoms with E-state index in [9.17, 15) is 13.2 Å². The molecular formula is C21H14F3N3O. The molecule has 1 unspecified atom stereocenters. The highest BCUT2D eigenvalue weighted by molar-refractivity contribution is 5.54. The average Bonchev–Trinajstić information content (AvgIpc) is 3.18. The minimum atomic E-state index is -0.755. The second kappa shape index (κ2) is 7.56. The van der Waals surface area contributed by atoms with Crippen LogP contribution in [0, 0.1) is 17.5 Å². The van der Waals surface area contributed by atoms with Crippen LogP contribution in [0.25, 0.3) is 11.5 Å². The van der Waals surface area contributed by atoms with Gasteiger partial charge in [0.05, 0.1) is 11.3 Å². The quantitative estimate of drug-likeness (QED) is 0.506. The molecule has 1 heterocycles. The van der Waals surface area contributed by atoms with E-state index < -0.39 is 23.5 Å². The number of hydrogen-bond acceptors (Lipinski definition) is 4. The molecule has 1 atom stereocenters. The number of nitrogens with zero attached hydrogens (tertiary/aromatic N) is 2. The van der Waals surface area contributed by atoms with Crippen LogP contribution in [0.1, 0.15) is 17.5 Å². The lowest BCUT2D eigenvalue weighted by Crippen LogP contribution is -2.14. The lowest BCUT2D eigenvalue weighted by atomic mass is 10.1. The molecule has 0 spiro atoms. The van der Waals surface area contributed by atoms with E-state index in [1.807, 2.05) is 6.07 Å². The summed E-state index contributed by atoms with van der Waals surface area (Å²) in [6.45, 7) is 0. The van der Waals surface area contributed by atoms with E-state index in [0.29, 0.717) is 0 Å². The molecule has 1 aromatic heterocycles. The first-order valence-corrected chi connectivity index (χ1v) is 8.46. The Balaban J connectivity index is 1.73. The van der Waals surface area contributed by atoms with Crippen LogP contribution < -0.4 is 5.32 Å². The lowest BCUT2D eigenvalue weighted by molar-refractivity contribution is 0.489. The van der Waals surface area contributed by atoms with Crippen molar-refractivity contribution in [3.05, 3.63) is 102 Å². The van der Waals surface area contributed by atoms with Gasteiger partial charge in [-0.2, -0.15) is 0 Å². The molecule has 0 aliphatic rings. The second-order valence-corrected chi connectivity index (χ2v) is 6.04. The summed E-state index contributed by atoms with van der Waals surface area (Å²) in [5.41, 5.74) is 0.955.